The van der Waals surface area contributed by atoms with Crippen LogP contribution in [0.4, 0.5) is 0 Å². The summed E-state index contributed by atoms with van der Waals surface area (Å²) >= 11 is 2.13. The number of fused-ring (bicyclic) bond motifs is 2. The summed E-state index contributed by atoms with van der Waals surface area (Å²) in [6.45, 7) is 4.98. The van der Waals surface area contributed by atoms with Crippen LogP contribution in [0.2, 0.25) is 5.21 Å². The zero-order valence-corrected chi connectivity index (χ0v) is 12.4. The van der Waals surface area contributed by atoms with Gasteiger partial charge in [0.05, 0.1) is 0 Å². The van der Waals surface area contributed by atoms with Crippen molar-refractivity contribution in [2.75, 3.05) is 7.05 Å². The van der Waals surface area contributed by atoms with Crippen LogP contribution in [0.3, 0.4) is 0 Å². The predicted octanol–water partition coefficient (Wildman–Crippen LogP) is 0.662. The number of aromatic nitrogens is 2. The summed E-state index contributed by atoms with van der Waals surface area (Å²) in [7, 11) is 4.30. The van der Waals surface area contributed by atoms with Crippen LogP contribution in [0.15, 0.2) is 10.9 Å². The normalized spacial score (nSPS) is 28.9. The minimum atomic E-state index is 0.0334. The molecule has 0 bridgehead atoms. The number of aromatic amines is 1. The second kappa shape index (κ2) is 4.67. The van der Waals surface area contributed by atoms with Gasteiger partial charge >= 0.3 is 93.5 Å². The van der Waals surface area contributed by atoms with E-state index in [0.717, 1.165) is 6.54 Å². The van der Waals surface area contributed by atoms with E-state index in [0.29, 0.717) is 0 Å². The van der Waals surface area contributed by atoms with Crippen molar-refractivity contribution in [1.29, 1.82) is 0 Å². The van der Waals surface area contributed by atoms with Crippen molar-refractivity contribution >= 4 is 35.1 Å². The average Bonchev–Trinajstić information content (AvgIpc) is 2.61. The van der Waals surface area contributed by atoms with E-state index >= 15 is 0 Å². The maximum absolute atomic E-state index is 11.3. The fraction of sp³-hybridized carbons (Fsp3) is 0.667. The molecular formula is C9H15AsBN3OS. The Kier molecular flexibility index (Phi) is 3.62. The molecule has 1 fully saturated rings. The van der Waals surface area contributed by atoms with Crippen LogP contribution in [-0.2, 0) is 9.98 Å². The molecule has 2 aliphatic heterocycles. The number of rotatable bonds is 0. The van der Waals surface area contributed by atoms with E-state index in [9.17, 15) is 4.79 Å². The third kappa shape index (κ3) is 1.91. The Balaban J connectivity index is 0.000000457. The van der Waals surface area contributed by atoms with Gasteiger partial charge in [-0.3, -0.25) is 0 Å². The number of nitrogens with zero attached hydrogens (tertiary/aromatic N) is 2. The summed E-state index contributed by atoms with van der Waals surface area (Å²) in [4.78, 5) is 11.3. The van der Waals surface area contributed by atoms with Gasteiger partial charge < -0.3 is 0 Å². The predicted molar refractivity (Wildman–Crippen MR) is 69.7 cm³/mol. The second-order valence-electron chi connectivity index (χ2n) is 3.50. The van der Waals surface area contributed by atoms with E-state index < -0.39 is 0 Å². The molecule has 4 nitrogen and oxygen atoms in total. The summed E-state index contributed by atoms with van der Waals surface area (Å²) in [6.07, 6.45) is 0. The van der Waals surface area contributed by atoms with Gasteiger partial charge in [0.1, 0.15) is 0 Å². The van der Waals surface area contributed by atoms with Crippen LogP contribution in [0.1, 0.15) is 19.5 Å². The molecule has 1 aromatic heterocycles. The minimum absolute atomic E-state index is 0.0334. The fourth-order valence-electron chi connectivity index (χ4n) is 1.95. The van der Waals surface area contributed by atoms with Gasteiger partial charge in [0, 0.05) is 0 Å². The van der Waals surface area contributed by atoms with Gasteiger partial charge in [-0.05, 0) is 0 Å². The third-order valence-electron chi connectivity index (χ3n) is 2.48. The zero-order valence-electron chi connectivity index (χ0n) is 9.73. The van der Waals surface area contributed by atoms with Gasteiger partial charge in [-0.1, -0.05) is 13.8 Å². The Morgan fingerprint density at radius 3 is 2.94 bits per heavy atom. The van der Waals surface area contributed by atoms with Gasteiger partial charge in [-0.2, -0.15) is 0 Å². The van der Waals surface area contributed by atoms with Crippen molar-refractivity contribution in [2.45, 2.75) is 29.0 Å². The van der Waals surface area contributed by atoms with Gasteiger partial charge in [0.15, 0.2) is 0 Å². The number of hydrogen-bond acceptors (Lipinski definition) is 3. The van der Waals surface area contributed by atoms with E-state index in [2.05, 4.69) is 23.8 Å². The first-order valence-electron chi connectivity index (χ1n) is 5.47. The van der Waals surface area contributed by atoms with Crippen LogP contribution < -0.4 is 5.56 Å². The molecular weight excluding hydrogens is 284 g/mol. The molecule has 7 heteroatoms. The molecule has 0 saturated carbocycles. The van der Waals surface area contributed by atoms with Crippen LogP contribution in [-0.4, -0.2) is 44.2 Å². The first-order chi connectivity index (χ1) is 7.70. The van der Waals surface area contributed by atoms with Gasteiger partial charge in [0.25, 0.3) is 0 Å². The molecule has 1 saturated heterocycles. The molecule has 1 atom stereocenters. The third-order valence-corrected chi connectivity index (χ3v) is 7.25. The molecule has 1 aromatic rings. The molecule has 3 heterocycles. The summed E-state index contributed by atoms with van der Waals surface area (Å²) in [5.74, 6) is 0. The quantitative estimate of drug-likeness (QED) is 0.565. The van der Waals surface area contributed by atoms with Crippen molar-refractivity contribution in [2.24, 2.45) is 0 Å². The van der Waals surface area contributed by atoms with Gasteiger partial charge in [-0.25, -0.2) is 0 Å². The van der Waals surface area contributed by atoms with Crippen molar-refractivity contribution in [3.8, 4) is 0 Å². The van der Waals surface area contributed by atoms with E-state index in [1.54, 1.807) is 6.07 Å². The summed E-state index contributed by atoms with van der Waals surface area (Å²) in [5, 5.41) is 4.09. The summed E-state index contributed by atoms with van der Waals surface area (Å²) < 4.78 is 4.31. The van der Waals surface area contributed by atoms with Crippen molar-refractivity contribution < 1.29 is 0 Å². The van der Waals surface area contributed by atoms with Crippen molar-refractivity contribution in [3.05, 3.63) is 22.1 Å². The van der Waals surface area contributed by atoms with Crippen molar-refractivity contribution in [3.63, 3.8) is 0 Å². The standard InChI is InChI=1S/C7H9AsBN3OS.C2H6/c1-11-9-7(14-11)5-4-6(13)10-12(5)3-2-8-7;1-2/h4H,2-3H2,1H3,(H,10,13);1-2H3. The molecule has 0 aromatic carbocycles. The fourth-order valence-corrected chi connectivity index (χ4v) is 7.37. The Morgan fingerprint density at radius 1 is 1.62 bits per heavy atom. The van der Waals surface area contributed by atoms with E-state index in [1.165, 1.54) is 10.9 Å². The first kappa shape index (κ1) is 12.4. The van der Waals surface area contributed by atoms with Crippen LogP contribution in [0.5, 0.6) is 0 Å². The first-order valence-corrected chi connectivity index (χ1v) is 8.50. The Bertz CT molecular complexity index is 427. The van der Waals surface area contributed by atoms with Gasteiger partial charge in [0.2, 0.25) is 0 Å². The summed E-state index contributed by atoms with van der Waals surface area (Å²) in [6, 6.07) is 1.76. The Labute approximate surface area is 107 Å². The number of aryl methyl sites for hydroxylation is 1. The van der Waals surface area contributed by atoms with E-state index in [4.69, 9.17) is 0 Å². The average molecular weight is 299 g/mol. The maximum atomic E-state index is 11.3. The zero-order chi connectivity index (χ0) is 11.8. The number of H-pyrrole nitrogens is 1. The van der Waals surface area contributed by atoms with Crippen LogP contribution >= 0.6 is 11.9 Å². The van der Waals surface area contributed by atoms with Crippen LogP contribution in [0.25, 0.3) is 0 Å². The summed E-state index contributed by atoms with van der Waals surface area (Å²) in [5.41, 5.74) is 1.21. The molecule has 1 N–H and O–H groups in total. The number of nitrogens with one attached hydrogen (secondary N) is 1. The van der Waals surface area contributed by atoms with Crippen LogP contribution in [0, 0.1) is 0 Å². The second-order valence-corrected chi connectivity index (χ2v) is 8.64. The molecule has 2 aliphatic rings. The molecule has 86 valence electrons. The van der Waals surface area contributed by atoms with E-state index in [-0.39, 0.29) is 24.7 Å². The molecule has 2 radical (unpaired) electrons. The molecule has 1 unspecified atom stereocenters. The molecule has 16 heavy (non-hydrogen) atoms. The Hall–Kier alpha value is -0.0566. The molecule has 0 amide bonds. The molecule has 3 rings (SSSR count). The topological polar surface area (TPSA) is 41.0 Å². The van der Waals surface area contributed by atoms with Crippen molar-refractivity contribution in [1.82, 2.24) is 14.0 Å². The molecule has 0 aliphatic carbocycles. The van der Waals surface area contributed by atoms with E-state index in [1.807, 2.05) is 30.5 Å². The van der Waals surface area contributed by atoms with Gasteiger partial charge in [-0.15, -0.1) is 0 Å². The monoisotopic (exact) mass is 299 g/mol. The number of hydrogen-bond donors (Lipinski definition) is 1. The SMILES string of the molecule is CC.CN1[B]C2(S1)[As]CCn1[nH]c(=O)cc12. The Morgan fingerprint density at radius 2 is 2.31 bits per heavy atom. The molecule has 1 spiro atoms.